The average Bonchev–Trinajstić information content (AvgIpc) is 2.33. The van der Waals surface area contributed by atoms with Gasteiger partial charge < -0.3 is 10.6 Å². The molecule has 0 aliphatic heterocycles. The molecule has 5 heteroatoms. The minimum Gasteiger partial charge on any atom is -0.354 e. The lowest BCUT2D eigenvalue weighted by Gasteiger charge is -2.17. The summed E-state index contributed by atoms with van der Waals surface area (Å²) in [6.07, 6.45) is 0.477. The van der Waals surface area contributed by atoms with E-state index in [0.29, 0.717) is 25.1 Å². The summed E-state index contributed by atoms with van der Waals surface area (Å²) >= 11 is 3.33. The number of hydrogen-bond donors (Lipinski definition) is 2. The van der Waals surface area contributed by atoms with Gasteiger partial charge in [-0.25, -0.2) is 0 Å². The van der Waals surface area contributed by atoms with Crippen LogP contribution >= 0.6 is 15.9 Å². The Hall–Kier alpha value is -1.36. The highest BCUT2D eigenvalue weighted by atomic mass is 79.9. The van der Waals surface area contributed by atoms with Crippen molar-refractivity contribution >= 4 is 27.7 Å². The van der Waals surface area contributed by atoms with Gasteiger partial charge in [0.1, 0.15) is 0 Å². The molecule has 4 nitrogen and oxygen atoms in total. The molecule has 0 radical (unpaired) electrons. The van der Waals surface area contributed by atoms with E-state index in [9.17, 15) is 9.59 Å². The number of benzene rings is 1. The fourth-order valence-electron chi connectivity index (χ4n) is 1.66. The third kappa shape index (κ3) is 6.19. The van der Waals surface area contributed by atoms with Crippen molar-refractivity contribution in [2.45, 2.75) is 27.2 Å². The monoisotopic (exact) mass is 340 g/mol. The molecule has 0 saturated carbocycles. The molecule has 0 aromatic heterocycles. The largest absolute Gasteiger partial charge is 0.354 e. The van der Waals surface area contributed by atoms with Gasteiger partial charge >= 0.3 is 0 Å². The fraction of sp³-hybridized carbons (Fsp3) is 0.467. The summed E-state index contributed by atoms with van der Waals surface area (Å²) in [5.74, 6) is -0.143. The Labute approximate surface area is 128 Å². The normalized spacial score (nSPS) is 11.0. The molecule has 110 valence electrons. The molecule has 2 amide bonds. The molecule has 0 spiro atoms. The molecule has 1 rings (SSSR count). The van der Waals surface area contributed by atoms with Crippen molar-refractivity contribution < 1.29 is 9.59 Å². The molecule has 0 aliphatic carbocycles. The number of carbonyl (C=O) groups excluding carboxylic acids is 2. The first-order valence-electron chi connectivity index (χ1n) is 6.59. The maximum Gasteiger partial charge on any atom is 0.252 e. The average molecular weight is 341 g/mol. The highest BCUT2D eigenvalue weighted by Crippen LogP contribution is 2.17. The van der Waals surface area contributed by atoms with E-state index >= 15 is 0 Å². The van der Waals surface area contributed by atoms with Crippen LogP contribution in [0.4, 0.5) is 0 Å². The highest BCUT2D eigenvalue weighted by Gasteiger charge is 2.15. The van der Waals surface area contributed by atoms with E-state index in [4.69, 9.17) is 0 Å². The Balaban J connectivity index is 2.30. The van der Waals surface area contributed by atoms with E-state index in [1.165, 1.54) is 0 Å². The van der Waals surface area contributed by atoms with E-state index in [1.807, 2.05) is 39.0 Å². The molecule has 0 unspecified atom stereocenters. The van der Waals surface area contributed by atoms with Crippen LogP contribution < -0.4 is 10.6 Å². The molecular weight excluding hydrogens is 320 g/mol. The maximum absolute atomic E-state index is 11.9. The molecule has 20 heavy (non-hydrogen) atoms. The Morgan fingerprint density at radius 2 is 1.70 bits per heavy atom. The summed E-state index contributed by atoms with van der Waals surface area (Å²) in [4.78, 5) is 23.5. The number of amides is 2. The van der Waals surface area contributed by atoms with Crippen molar-refractivity contribution in [3.05, 3.63) is 34.3 Å². The predicted molar refractivity (Wildman–Crippen MR) is 83.6 cm³/mol. The van der Waals surface area contributed by atoms with Crippen molar-refractivity contribution in [1.29, 1.82) is 0 Å². The molecular formula is C15H21BrN2O2. The van der Waals surface area contributed by atoms with Crippen molar-refractivity contribution in [2.24, 2.45) is 5.41 Å². The van der Waals surface area contributed by atoms with Crippen LogP contribution in [0.3, 0.4) is 0 Å². The molecule has 0 aliphatic rings. The molecule has 0 bridgehead atoms. The SMILES string of the molecule is CC(C)(C)CC(=O)NCCNC(=O)c1ccccc1Br. The first-order chi connectivity index (χ1) is 9.29. The quantitative estimate of drug-likeness (QED) is 0.809. The standard InChI is InChI=1S/C15H21BrN2O2/c1-15(2,3)10-13(19)17-8-9-18-14(20)11-6-4-5-7-12(11)16/h4-7H,8-10H2,1-3H3,(H,17,19)(H,18,20). The third-order valence-electron chi connectivity index (χ3n) is 2.54. The summed E-state index contributed by atoms with van der Waals surface area (Å²) < 4.78 is 0.759. The van der Waals surface area contributed by atoms with Crippen molar-refractivity contribution in [3.63, 3.8) is 0 Å². The first-order valence-corrected chi connectivity index (χ1v) is 7.38. The highest BCUT2D eigenvalue weighted by molar-refractivity contribution is 9.10. The Bertz CT molecular complexity index is 481. The smallest absolute Gasteiger partial charge is 0.252 e. The van der Waals surface area contributed by atoms with E-state index in [1.54, 1.807) is 6.07 Å². The summed E-state index contributed by atoms with van der Waals surface area (Å²) in [6.45, 7) is 6.89. The van der Waals surface area contributed by atoms with E-state index in [-0.39, 0.29) is 17.2 Å². The molecule has 0 saturated heterocycles. The minimum absolute atomic E-state index is 0.00707. The number of nitrogens with one attached hydrogen (secondary N) is 2. The van der Waals surface area contributed by atoms with Gasteiger partial charge in [-0.2, -0.15) is 0 Å². The van der Waals surface area contributed by atoms with E-state index in [0.717, 1.165) is 4.47 Å². The topological polar surface area (TPSA) is 58.2 Å². The number of hydrogen-bond acceptors (Lipinski definition) is 2. The molecule has 0 fully saturated rings. The second-order valence-electron chi connectivity index (χ2n) is 5.82. The zero-order valence-electron chi connectivity index (χ0n) is 12.1. The number of rotatable bonds is 5. The number of carbonyl (C=O) groups is 2. The van der Waals surface area contributed by atoms with Gasteiger partial charge in [0.2, 0.25) is 5.91 Å². The lowest BCUT2D eigenvalue weighted by Crippen LogP contribution is -2.36. The summed E-state index contributed by atoms with van der Waals surface area (Å²) in [6, 6.07) is 7.23. The van der Waals surface area contributed by atoms with Crippen LogP contribution in [-0.2, 0) is 4.79 Å². The van der Waals surface area contributed by atoms with Crippen LogP contribution in [0.1, 0.15) is 37.6 Å². The van der Waals surface area contributed by atoms with Crippen LogP contribution in [0.25, 0.3) is 0 Å². The van der Waals surface area contributed by atoms with Gasteiger partial charge in [-0.1, -0.05) is 32.9 Å². The van der Waals surface area contributed by atoms with Crippen LogP contribution in [-0.4, -0.2) is 24.9 Å². The van der Waals surface area contributed by atoms with Crippen molar-refractivity contribution in [3.8, 4) is 0 Å². The van der Waals surface area contributed by atoms with Crippen LogP contribution in [0, 0.1) is 5.41 Å². The van der Waals surface area contributed by atoms with Gasteiger partial charge in [0.25, 0.3) is 5.91 Å². The van der Waals surface area contributed by atoms with Crippen LogP contribution in [0.2, 0.25) is 0 Å². The maximum atomic E-state index is 11.9. The van der Waals surface area contributed by atoms with Gasteiger partial charge in [-0.3, -0.25) is 9.59 Å². The Morgan fingerprint density at radius 3 is 2.30 bits per heavy atom. The van der Waals surface area contributed by atoms with Gasteiger partial charge in [0.15, 0.2) is 0 Å². The molecule has 0 atom stereocenters. The van der Waals surface area contributed by atoms with E-state index < -0.39 is 0 Å². The lowest BCUT2D eigenvalue weighted by molar-refractivity contribution is -0.122. The zero-order chi connectivity index (χ0) is 15.2. The van der Waals surface area contributed by atoms with E-state index in [2.05, 4.69) is 26.6 Å². The fourth-order valence-corrected chi connectivity index (χ4v) is 2.13. The predicted octanol–water partition coefficient (Wildman–Crippen LogP) is 2.73. The third-order valence-corrected chi connectivity index (χ3v) is 3.23. The molecule has 1 aromatic rings. The summed E-state index contributed by atoms with van der Waals surface area (Å²) in [5.41, 5.74) is 0.566. The number of halogens is 1. The van der Waals surface area contributed by atoms with Gasteiger partial charge in [-0.15, -0.1) is 0 Å². The lowest BCUT2D eigenvalue weighted by atomic mass is 9.92. The van der Waals surface area contributed by atoms with Gasteiger partial charge in [0, 0.05) is 24.0 Å². The van der Waals surface area contributed by atoms with Gasteiger partial charge in [-0.05, 0) is 33.5 Å². The van der Waals surface area contributed by atoms with Crippen LogP contribution in [0.15, 0.2) is 28.7 Å². The van der Waals surface area contributed by atoms with Crippen LogP contribution in [0.5, 0.6) is 0 Å². The summed E-state index contributed by atoms with van der Waals surface area (Å²) in [7, 11) is 0. The van der Waals surface area contributed by atoms with Gasteiger partial charge in [0.05, 0.1) is 5.56 Å². The Morgan fingerprint density at radius 1 is 1.10 bits per heavy atom. The Kier molecular flexibility index (Phi) is 6.20. The van der Waals surface area contributed by atoms with Crippen molar-refractivity contribution in [1.82, 2.24) is 10.6 Å². The van der Waals surface area contributed by atoms with Crippen molar-refractivity contribution in [2.75, 3.05) is 13.1 Å². The second kappa shape index (κ2) is 7.43. The molecule has 0 heterocycles. The summed E-state index contributed by atoms with van der Waals surface area (Å²) in [5, 5.41) is 5.57. The second-order valence-corrected chi connectivity index (χ2v) is 6.68. The molecule has 2 N–H and O–H groups in total. The first kappa shape index (κ1) is 16.7. The molecule has 1 aromatic carbocycles. The minimum atomic E-state index is -0.150. The zero-order valence-corrected chi connectivity index (χ0v) is 13.7.